The Bertz CT molecular complexity index is 1350. The van der Waals surface area contributed by atoms with Crippen molar-refractivity contribution < 1.29 is 14.3 Å². The Hall–Kier alpha value is -2.90. The van der Waals surface area contributed by atoms with Crippen molar-refractivity contribution in [3.63, 3.8) is 0 Å². The number of halogens is 2. The van der Waals surface area contributed by atoms with Crippen molar-refractivity contribution in [2.24, 2.45) is 0 Å². The second-order valence-corrected chi connectivity index (χ2v) is 12.0. The number of rotatable bonds is 9. The molecule has 0 aromatic heterocycles. The molecule has 1 N–H and O–H groups in total. The molecule has 2 amide bonds. The van der Waals surface area contributed by atoms with Crippen molar-refractivity contribution in [2.75, 3.05) is 32.8 Å². The van der Waals surface area contributed by atoms with Gasteiger partial charge in [0, 0.05) is 39.5 Å². The molecule has 5 rings (SSSR count). The molecule has 216 valence electrons. The molecular formula is C33H37Cl2N3O3. The molecule has 1 unspecified atom stereocenters. The highest BCUT2D eigenvalue weighted by Crippen LogP contribution is 2.39. The topological polar surface area (TPSA) is 61.9 Å². The first kappa shape index (κ1) is 29.6. The molecule has 2 aliphatic rings. The van der Waals surface area contributed by atoms with Gasteiger partial charge in [-0.15, -0.1) is 0 Å². The average molecular weight is 595 g/mol. The SMILES string of the molecule is CC(=O)NC1(c2ccccc2)CCN(CCOC2(c3ccc(Cl)c(Cl)c3)CCC(=O)N(Cc3ccccc3)C2)CC1. The molecule has 2 fully saturated rings. The quantitative estimate of drug-likeness (QED) is 0.323. The van der Waals surface area contributed by atoms with Gasteiger partial charge in [0.25, 0.3) is 0 Å². The van der Waals surface area contributed by atoms with Crippen LogP contribution in [0.3, 0.4) is 0 Å². The van der Waals surface area contributed by atoms with Crippen LogP contribution in [-0.4, -0.2) is 54.4 Å². The van der Waals surface area contributed by atoms with Crippen LogP contribution in [0.5, 0.6) is 0 Å². The summed E-state index contributed by atoms with van der Waals surface area (Å²) < 4.78 is 6.76. The lowest BCUT2D eigenvalue weighted by Gasteiger charge is -2.44. The first-order valence-electron chi connectivity index (χ1n) is 14.3. The molecule has 0 radical (unpaired) electrons. The van der Waals surface area contributed by atoms with Gasteiger partial charge in [0.05, 0.1) is 28.7 Å². The molecule has 1 atom stereocenters. The molecule has 6 nitrogen and oxygen atoms in total. The van der Waals surface area contributed by atoms with E-state index in [1.165, 1.54) is 0 Å². The Labute approximate surface area is 252 Å². The average Bonchev–Trinajstić information content (AvgIpc) is 2.98. The highest BCUT2D eigenvalue weighted by molar-refractivity contribution is 6.42. The second kappa shape index (κ2) is 13.0. The van der Waals surface area contributed by atoms with Crippen LogP contribution in [0.25, 0.3) is 0 Å². The Morgan fingerprint density at radius 1 is 0.902 bits per heavy atom. The van der Waals surface area contributed by atoms with E-state index in [0.717, 1.165) is 49.2 Å². The molecule has 2 aliphatic heterocycles. The monoisotopic (exact) mass is 593 g/mol. The summed E-state index contributed by atoms with van der Waals surface area (Å²) in [5.41, 5.74) is 2.13. The molecule has 0 spiro atoms. The molecule has 3 aromatic rings. The van der Waals surface area contributed by atoms with E-state index < -0.39 is 5.60 Å². The third-order valence-electron chi connectivity index (χ3n) is 8.44. The van der Waals surface area contributed by atoms with Crippen molar-refractivity contribution in [2.45, 2.75) is 50.3 Å². The number of hydrogen-bond donors (Lipinski definition) is 1. The van der Waals surface area contributed by atoms with Crippen LogP contribution in [0.15, 0.2) is 78.9 Å². The van der Waals surface area contributed by atoms with Gasteiger partial charge >= 0.3 is 0 Å². The van der Waals surface area contributed by atoms with E-state index >= 15 is 0 Å². The number of carbonyl (C=O) groups excluding carboxylic acids is 2. The number of nitrogens with one attached hydrogen (secondary N) is 1. The molecule has 0 saturated carbocycles. The zero-order chi connectivity index (χ0) is 28.9. The van der Waals surface area contributed by atoms with Gasteiger partial charge in [-0.3, -0.25) is 9.59 Å². The third kappa shape index (κ3) is 6.95. The van der Waals surface area contributed by atoms with Crippen molar-refractivity contribution >= 4 is 35.0 Å². The van der Waals surface area contributed by atoms with E-state index in [1.54, 1.807) is 13.0 Å². The predicted molar refractivity (Wildman–Crippen MR) is 163 cm³/mol. The standard InChI is InChI=1S/C33H37Cl2N3O3/c1-25(39)36-32(27-10-6-3-7-11-27)16-18-37(19-17-32)20-21-41-33(28-12-13-29(34)30(35)22-28)15-14-31(40)38(24-33)23-26-8-4-2-5-9-26/h2-13,22H,14-21,23-24H2,1H3,(H,36,39). The van der Waals surface area contributed by atoms with E-state index in [4.69, 9.17) is 27.9 Å². The maximum atomic E-state index is 13.0. The molecule has 2 heterocycles. The summed E-state index contributed by atoms with van der Waals surface area (Å²) in [4.78, 5) is 29.4. The molecular weight excluding hydrogens is 557 g/mol. The summed E-state index contributed by atoms with van der Waals surface area (Å²) >= 11 is 12.7. The lowest BCUT2D eigenvalue weighted by atomic mass is 9.80. The summed E-state index contributed by atoms with van der Waals surface area (Å²) in [6.45, 7) is 5.51. The lowest BCUT2D eigenvalue weighted by Crippen LogP contribution is -2.53. The van der Waals surface area contributed by atoms with Crippen molar-refractivity contribution in [3.8, 4) is 0 Å². The van der Waals surface area contributed by atoms with E-state index in [0.29, 0.717) is 42.6 Å². The van der Waals surface area contributed by atoms with Crippen LogP contribution >= 0.6 is 23.2 Å². The van der Waals surface area contributed by atoms with Gasteiger partial charge in [-0.05, 0) is 48.1 Å². The number of amides is 2. The summed E-state index contributed by atoms with van der Waals surface area (Å²) in [7, 11) is 0. The van der Waals surface area contributed by atoms with Gasteiger partial charge in [-0.2, -0.15) is 0 Å². The number of nitrogens with zero attached hydrogens (tertiary/aromatic N) is 2. The molecule has 41 heavy (non-hydrogen) atoms. The van der Waals surface area contributed by atoms with Gasteiger partial charge in [0.1, 0.15) is 5.60 Å². The zero-order valence-electron chi connectivity index (χ0n) is 23.5. The van der Waals surface area contributed by atoms with Crippen LogP contribution in [0.1, 0.15) is 49.3 Å². The largest absolute Gasteiger partial charge is 0.367 e. The second-order valence-electron chi connectivity index (χ2n) is 11.2. The van der Waals surface area contributed by atoms with E-state index in [2.05, 4.69) is 22.3 Å². The Morgan fingerprint density at radius 3 is 2.24 bits per heavy atom. The van der Waals surface area contributed by atoms with Crippen molar-refractivity contribution in [3.05, 3.63) is 106 Å². The number of benzene rings is 3. The van der Waals surface area contributed by atoms with Crippen LogP contribution in [0, 0.1) is 0 Å². The fraction of sp³-hybridized carbons (Fsp3) is 0.394. The summed E-state index contributed by atoms with van der Waals surface area (Å²) in [5.74, 6) is 0.112. The maximum absolute atomic E-state index is 13.0. The van der Waals surface area contributed by atoms with Crippen LogP contribution in [-0.2, 0) is 32.0 Å². The fourth-order valence-electron chi connectivity index (χ4n) is 6.22. The van der Waals surface area contributed by atoms with Gasteiger partial charge in [-0.25, -0.2) is 0 Å². The minimum Gasteiger partial charge on any atom is -0.367 e. The normalized spacial score (nSPS) is 21.0. The Kier molecular flexibility index (Phi) is 9.35. The van der Waals surface area contributed by atoms with Crippen molar-refractivity contribution in [1.82, 2.24) is 15.1 Å². The summed E-state index contributed by atoms with van der Waals surface area (Å²) in [6.07, 6.45) is 2.63. The number of likely N-dealkylation sites (tertiary alicyclic amines) is 2. The van der Waals surface area contributed by atoms with Gasteiger partial charge in [0.2, 0.25) is 11.8 Å². The number of ether oxygens (including phenoxy) is 1. The van der Waals surface area contributed by atoms with Gasteiger partial charge < -0.3 is 19.9 Å². The van der Waals surface area contributed by atoms with E-state index in [9.17, 15) is 9.59 Å². The van der Waals surface area contributed by atoms with Crippen molar-refractivity contribution in [1.29, 1.82) is 0 Å². The smallest absolute Gasteiger partial charge is 0.223 e. The van der Waals surface area contributed by atoms with Crippen LogP contribution in [0.4, 0.5) is 0 Å². The Morgan fingerprint density at radius 2 is 1.59 bits per heavy atom. The maximum Gasteiger partial charge on any atom is 0.223 e. The third-order valence-corrected chi connectivity index (χ3v) is 9.18. The molecule has 2 saturated heterocycles. The molecule has 0 bridgehead atoms. The highest BCUT2D eigenvalue weighted by atomic mass is 35.5. The van der Waals surface area contributed by atoms with E-state index in [1.807, 2.05) is 65.6 Å². The fourth-order valence-corrected chi connectivity index (χ4v) is 6.51. The predicted octanol–water partition coefficient (Wildman–Crippen LogP) is 6.16. The minimum absolute atomic E-state index is 0.0129. The van der Waals surface area contributed by atoms with Gasteiger partial charge in [-0.1, -0.05) is 89.9 Å². The number of hydrogen-bond acceptors (Lipinski definition) is 4. The first-order chi connectivity index (χ1) is 19.8. The summed E-state index contributed by atoms with van der Waals surface area (Å²) in [6, 6.07) is 25.9. The van der Waals surface area contributed by atoms with E-state index in [-0.39, 0.29) is 17.4 Å². The lowest BCUT2D eigenvalue weighted by molar-refractivity contribution is -0.152. The molecule has 8 heteroatoms. The minimum atomic E-state index is -0.684. The van der Waals surface area contributed by atoms with Gasteiger partial charge in [0.15, 0.2) is 0 Å². The highest BCUT2D eigenvalue weighted by Gasteiger charge is 2.42. The number of carbonyl (C=O) groups is 2. The molecule has 3 aromatic carbocycles. The summed E-state index contributed by atoms with van der Waals surface area (Å²) in [5, 5.41) is 4.22. The van der Waals surface area contributed by atoms with Crippen LogP contribution in [0.2, 0.25) is 10.0 Å². The Balaban J connectivity index is 1.28. The number of piperidine rings is 2. The zero-order valence-corrected chi connectivity index (χ0v) is 25.0. The molecule has 0 aliphatic carbocycles. The first-order valence-corrected chi connectivity index (χ1v) is 15.0. The van der Waals surface area contributed by atoms with Crippen LogP contribution < -0.4 is 5.32 Å².